The summed E-state index contributed by atoms with van der Waals surface area (Å²) >= 11 is 0. The van der Waals surface area contributed by atoms with Crippen LogP contribution in [0, 0.1) is 5.92 Å². The van der Waals surface area contributed by atoms with Crippen LogP contribution in [-0.4, -0.2) is 44.5 Å². The Morgan fingerprint density at radius 1 is 1.25 bits per heavy atom. The van der Waals surface area contributed by atoms with Crippen LogP contribution in [0.25, 0.3) is 5.69 Å². The van der Waals surface area contributed by atoms with E-state index in [1.165, 1.54) is 0 Å². The highest BCUT2D eigenvalue weighted by atomic mass is 16.4. The van der Waals surface area contributed by atoms with Gasteiger partial charge in [0.2, 0.25) is 0 Å². The molecule has 2 heterocycles. The third kappa shape index (κ3) is 3.82. The van der Waals surface area contributed by atoms with Crippen molar-refractivity contribution in [2.45, 2.75) is 25.7 Å². The molecule has 1 aromatic carbocycles. The lowest BCUT2D eigenvalue weighted by atomic mass is 9.93. The zero-order valence-corrected chi connectivity index (χ0v) is 13.5. The van der Waals surface area contributed by atoms with E-state index >= 15 is 0 Å². The highest BCUT2D eigenvalue weighted by Crippen LogP contribution is 2.22. The third-order valence-electron chi connectivity index (χ3n) is 4.49. The van der Waals surface area contributed by atoms with Gasteiger partial charge in [0, 0.05) is 43.2 Å². The smallest absolute Gasteiger partial charge is 0.303 e. The van der Waals surface area contributed by atoms with E-state index in [0.717, 1.165) is 25.1 Å². The number of imidazole rings is 1. The highest BCUT2D eigenvalue weighted by Gasteiger charge is 2.24. The molecule has 6 nitrogen and oxygen atoms in total. The van der Waals surface area contributed by atoms with Gasteiger partial charge in [-0.2, -0.15) is 0 Å². The van der Waals surface area contributed by atoms with Crippen LogP contribution < -0.4 is 0 Å². The number of piperidine rings is 1. The van der Waals surface area contributed by atoms with Crippen molar-refractivity contribution in [3.63, 3.8) is 0 Å². The molecule has 1 aliphatic heterocycles. The van der Waals surface area contributed by atoms with Crippen LogP contribution in [0.1, 0.15) is 36.0 Å². The first kappa shape index (κ1) is 16.2. The molecule has 126 valence electrons. The molecule has 3 rings (SSSR count). The second-order valence-electron chi connectivity index (χ2n) is 6.21. The van der Waals surface area contributed by atoms with Gasteiger partial charge in [-0.25, -0.2) is 4.98 Å². The number of carboxylic acid groups (broad SMARTS) is 1. The van der Waals surface area contributed by atoms with Gasteiger partial charge in [-0.15, -0.1) is 0 Å². The Labute approximate surface area is 140 Å². The van der Waals surface area contributed by atoms with Gasteiger partial charge in [0.05, 0.1) is 6.33 Å². The number of hydrogen-bond acceptors (Lipinski definition) is 3. The fourth-order valence-corrected chi connectivity index (χ4v) is 3.18. The van der Waals surface area contributed by atoms with Crippen LogP contribution in [0.4, 0.5) is 0 Å². The summed E-state index contributed by atoms with van der Waals surface area (Å²) < 4.78 is 1.89. The maximum absolute atomic E-state index is 12.7. The summed E-state index contributed by atoms with van der Waals surface area (Å²) in [6.07, 6.45) is 8.03. The Hall–Kier alpha value is -2.63. The molecule has 24 heavy (non-hydrogen) atoms. The quantitative estimate of drug-likeness (QED) is 0.916. The van der Waals surface area contributed by atoms with Crippen molar-refractivity contribution in [2.75, 3.05) is 13.1 Å². The summed E-state index contributed by atoms with van der Waals surface area (Å²) in [5.41, 5.74) is 1.62. The van der Waals surface area contributed by atoms with Crippen molar-refractivity contribution >= 4 is 11.9 Å². The van der Waals surface area contributed by atoms with Crippen LogP contribution >= 0.6 is 0 Å². The lowest BCUT2D eigenvalue weighted by Gasteiger charge is -2.32. The average molecular weight is 327 g/mol. The van der Waals surface area contributed by atoms with Crippen molar-refractivity contribution < 1.29 is 14.7 Å². The predicted molar refractivity (Wildman–Crippen MR) is 89.1 cm³/mol. The average Bonchev–Trinajstić information content (AvgIpc) is 3.14. The minimum Gasteiger partial charge on any atom is -0.481 e. The minimum absolute atomic E-state index is 0.0206. The summed E-state index contributed by atoms with van der Waals surface area (Å²) in [7, 11) is 0. The van der Waals surface area contributed by atoms with E-state index in [1.807, 2.05) is 39.9 Å². The fourth-order valence-electron chi connectivity index (χ4n) is 3.18. The van der Waals surface area contributed by atoms with Gasteiger partial charge in [-0.05, 0) is 49.4 Å². The van der Waals surface area contributed by atoms with E-state index in [0.29, 0.717) is 18.5 Å². The minimum atomic E-state index is -0.770. The predicted octanol–water partition coefficient (Wildman–Crippen LogP) is 2.59. The first-order chi connectivity index (χ1) is 11.6. The number of likely N-dealkylation sites (tertiary alicyclic amines) is 1. The standard InChI is InChI=1S/C18H21N3O3/c22-17(23)8-3-14-2-1-10-20(12-14)18(24)15-4-6-16(7-5-15)21-11-9-19-13-21/h4-7,9,11,13-14H,1-3,8,10,12H2,(H,22,23). The molecular formula is C18H21N3O3. The summed E-state index contributed by atoms with van der Waals surface area (Å²) in [4.78, 5) is 29.3. The molecule has 1 atom stereocenters. The van der Waals surface area contributed by atoms with E-state index in [-0.39, 0.29) is 18.2 Å². The summed E-state index contributed by atoms with van der Waals surface area (Å²) in [5.74, 6) is -0.468. The number of amides is 1. The molecule has 1 aromatic heterocycles. The van der Waals surface area contributed by atoms with Crippen LogP contribution in [0.15, 0.2) is 43.0 Å². The molecule has 1 fully saturated rings. The summed E-state index contributed by atoms with van der Waals surface area (Å²) in [5, 5.41) is 8.81. The molecule has 1 saturated heterocycles. The van der Waals surface area contributed by atoms with Crippen molar-refractivity contribution in [3.05, 3.63) is 48.5 Å². The Morgan fingerprint density at radius 2 is 2.04 bits per heavy atom. The Bertz CT molecular complexity index is 695. The maximum atomic E-state index is 12.7. The molecular weight excluding hydrogens is 306 g/mol. The van der Waals surface area contributed by atoms with Crippen LogP contribution in [0.2, 0.25) is 0 Å². The normalized spacial score (nSPS) is 17.7. The Morgan fingerprint density at radius 3 is 2.71 bits per heavy atom. The first-order valence-electron chi connectivity index (χ1n) is 8.23. The van der Waals surface area contributed by atoms with E-state index in [4.69, 9.17) is 5.11 Å². The second kappa shape index (κ2) is 7.29. The Balaban J connectivity index is 1.64. The van der Waals surface area contributed by atoms with Crippen LogP contribution in [0.3, 0.4) is 0 Å². The molecule has 0 radical (unpaired) electrons. The van der Waals surface area contributed by atoms with Crippen LogP contribution in [0.5, 0.6) is 0 Å². The lowest BCUT2D eigenvalue weighted by molar-refractivity contribution is -0.137. The SMILES string of the molecule is O=C(O)CCC1CCCN(C(=O)c2ccc(-n3ccnc3)cc2)C1. The molecule has 0 bridgehead atoms. The zero-order valence-electron chi connectivity index (χ0n) is 13.5. The molecule has 0 aliphatic carbocycles. The Kier molecular flexibility index (Phi) is 4.93. The monoisotopic (exact) mass is 327 g/mol. The van der Waals surface area contributed by atoms with Crippen LogP contribution in [-0.2, 0) is 4.79 Å². The molecule has 0 spiro atoms. The summed E-state index contributed by atoms with van der Waals surface area (Å²) in [6.45, 7) is 1.39. The first-order valence-corrected chi connectivity index (χ1v) is 8.23. The molecule has 0 saturated carbocycles. The number of carbonyl (C=O) groups is 2. The highest BCUT2D eigenvalue weighted by molar-refractivity contribution is 5.94. The number of carbonyl (C=O) groups excluding carboxylic acids is 1. The van der Waals surface area contributed by atoms with Gasteiger partial charge >= 0.3 is 5.97 Å². The number of nitrogens with zero attached hydrogens (tertiary/aromatic N) is 3. The largest absolute Gasteiger partial charge is 0.481 e. The van der Waals surface area contributed by atoms with Crippen molar-refractivity contribution in [3.8, 4) is 5.69 Å². The van der Waals surface area contributed by atoms with Crippen molar-refractivity contribution in [2.24, 2.45) is 5.92 Å². The maximum Gasteiger partial charge on any atom is 0.303 e. The topological polar surface area (TPSA) is 75.4 Å². The number of aromatic nitrogens is 2. The van der Waals surface area contributed by atoms with E-state index in [1.54, 1.807) is 12.5 Å². The van der Waals surface area contributed by atoms with Gasteiger partial charge in [0.25, 0.3) is 5.91 Å². The molecule has 1 amide bonds. The number of aliphatic carboxylic acids is 1. The number of carboxylic acids is 1. The third-order valence-corrected chi connectivity index (χ3v) is 4.49. The number of benzene rings is 1. The van der Waals surface area contributed by atoms with E-state index in [2.05, 4.69) is 4.98 Å². The molecule has 2 aromatic rings. The van der Waals surface area contributed by atoms with E-state index < -0.39 is 5.97 Å². The second-order valence-corrected chi connectivity index (χ2v) is 6.21. The molecule has 6 heteroatoms. The van der Waals surface area contributed by atoms with Gasteiger partial charge < -0.3 is 14.6 Å². The number of rotatable bonds is 5. The molecule has 1 aliphatic rings. The number of hydrogen-bond donors (Lipinski definition) is 1. The van der Waals surface area contributed by atoms with Crippen molar-refractivity contribution in [1.82, 2.24) is 14.5 Å². The summed E-state index contributed by atoms with van der Waals surface area (Å²) in [6, 6.07) is 7.47. The van der Waals surface area contributed by atoms with Gasteiger partial charge in [0.1, 0.15) is 0 Å². The molecule has 1 unspecified atom stereocenters. The van der Waals surface area contributed by atoms with E-state index in [9.17, 15) is 9.59 Å². The fraction of sp³-hybridized carbons (Fsp3) is 0.389. The van der Waals surface area contributed by atoms with Gasteiger partial charge in [0.15, 0.2) is 0 Å². The van der Waals surface area contributed by atoms with Gasteiger partial charge in [-0.3, -0.25) is 9.59 Å². The lowest BCUT2D eigenvalue weighted by Crippen LogP contribution is -2.40. The zero-order chi connectivity index (χ0) is 16.9. The van der Waals surface area contributed by atoms with Crippen molar-refractivity contribution in [1.29, 1.82) is 0 Å². The molecule has 1 N–H and O–H groups in total. The van der Waals surface area contributed by atoms with Gasteiger partial charge in [-0.1, -0.05) is 0 Å².